The lowest BCUT2D eigenvalue weighted by Crippen LogP contribution is -2.30. The normalized spacial score (nSPS) is 13.1. The quantitative estimate of drug-likeness (QED) is 0.0346. The third kappa shape index (κ3) is 51.2. The average Bonchev–Trinajstić information content (AvgIpc) is 3.30. The van der Waals surface area contributed by atoms with Crippen LogP contribution in [0.25, 0.3) is 0 Å². The third-order valence-electron chi connectivity index (χ3n) is 10.8. The molecule has 0 saturated carbocycles. The van der Waals surface area contributed by atoms with Crippen LogP contribution in [0.5, 0.6) is 0 Å². The van der Waals surface area contributed by atoms with Crippen molar-refractivity contribution in [2.24, 2.45) is 0 Å². The number of ether oxygens (including phenoxy) is 3. The van der Waals surface area contributed by atoms with E-state index < -0.39 is 6.10 Å². The van der Waals surface area contributed by atoms with Crippen LogP contribution < -0.4 is 0 Å². The number of hydrogen-bond acceptors (Lipinski definition) is 5. The van der Waals surface area contributed by atoms with Crippen LogP contribution in [0, 0.1) is 0 Å². The average molecular weight is 887 g/mol. The molecule has 0 aliphatic rings. The van der Waals surface area contributed by atoms with E-state index in [4.69, 9.17) is 14.2 Å². The van der Waals surface area contributed by atoms with Gasteiger partial charge in [0, 0.05) is 19.4 Å². The van der Waals surface area contributed by atoms with Crippen LogP contribution >= 0.6 is 0 Å². The second-order valence-electron chi connectivity index (χ2n) is 17.0. The Morgan fingerprint density at radius 3 is 1.12 bits per heavy atom. The molecule has 0 N–H and O–H groups in total. The van der Waals surface area contributed by atoms with Gasteiger partial charge < -0.3 is 14.2 Å². The van der Waals surface area contributed by atoms with Gasteiger partial charge in [0.15, 0.2) is 6.10 Å². The largest absolute Gasteiger partial charge is 0.462 e. The molecule has 364 valence electrons. The standard InChI is InChI=1S/C59H98O5/c1-4-7-10-13-16-19-22-25-27-29-31-33-36-39-42-45-48-51-54-62-55-57(64-59(61)53-50-47-44-41-38-34-24-21-18-15-12-9-6-3)56-63-58(60)52-49-46-43-40-37-35-32-30-28-26-23-20-17-14-11-8-5-2/h7-8,10-11,16-17,19-20,25-28,31-33,35,39,42,57H,4-6,9,12-15,18,21-24,29-30,34,36-38,40-41,43-56H2,1-3H3/b10-7-,11-8-,19-16-,20-17-,27-25-,28-26-,33-31-,35-32-,42-39-. The molecule has 5 nitrogen and oxygen atoms in total. The SMILES string of the molecule is CC/C=C\C/C=C\C/C=C\C/C=C\C/C=C\CCCCOCC(COC(=O)CCCCCC/C=C\C/C=C\C/C=C\C/C=C\CC)OC(=O)CCCCCCCCCCCCCCC. The highest BCUT2D eigenvalue weighted by molar-refractivity contribution is 5.70. The summed E-state index contributed by atoms with van der Waals surface area (Å²) in [5.74, 6) is -0.451. The summed E-state index contributed by atoms with van der Waals surface area (Å²) in [6, 6.07) is 0. The smallest absolute Gasteiger partial charge is 0.306 e. The first-order valence-electron chi connectivity index (χ1n) is 26.4. The van der Waals surface area contributed by atoms with Crippen LogP contribution in [-0.2, 0) is 23.8 Å². The zero-order valence-corrected chi connectivity index (χ0v) is 41.8. The predicted molar refractivity (Wildman–Crippen MR) is 279 cm³/mol. The van der Waals surface area contributed by atoms with Crippen molar-refractivity contribution in [1.82, 2.24) is 0 Å². The van der Waals surface area contributed by atoms with Crippen molar-refractivity contribution in [1.29, 1.82) is 0 Å². The molecule has 1 atom stereocenters. The number of unbranched alkanes of at least 4 members (excludes halogenated alkanes) is 18. The Bertz CT molecular complexity index is 1280. The van der Waals surface area contributed by atoms with Crippen LogP contribution in [0.15, 0.2) is 109 Å². The van der Waals surface area contributed by atoms with Crippen molar-refractivity contribution in [3.8, 4) is 0 Å². The third-order valence-corrected chi connectivity index (χ3v) is 10.8. The van der Waals surface area contributed by atoms with Crippen LogP contribution in [0.3, 0.4) is 0 Å². The van der Waals surface area contributed by atoms with Gasteiger partial charge in [-0.1, -0.05) is 220 Å². The van der Waals surface area contributed by atoms with E-state index in [1.165, 1.54) is 64.2 Å². The van der Waals surface area contributed by atoms with Gasteiger partial charge in [-0.2, -0.15) is 0 Å². The van der Waals surface area contributed by atoms with Gasteiger partial charge in [-0.05, 0) is 103 Å². The number of hydrogen-bond donors (Lipinski definition) is 0. The van der Waals surface area contributed by atoms with Gasteiger partial charge in [0.2, 0.25) is 0 Å². The van der Waals surface area contributed by atoms with Gasteiger partial charge in [-0.3, -0.25) is 9.59 Å². The van der Waals surface area contributed by atoms with Crippen molar-refractivity contribution in [3.63, 3.8) is 0 Å². The molecule has 0 aliphatic carbocycles. The van der Waals surface area contributed by atoms with Gasteiger partial charge >= 0.3 is 11.9 Å². The molecule has 0 bridgehead atoms. The Hall–Kier alpha value is -3.44. The molecule has 0 aromatic heterocycles. The van der Waals surface area contributed by atoms with Crippen molar-refractivity contribution < 1.29 is 23.8 Å². The minimum atomic E-state index is -0.574. The van der Waals surface area contributed by atoms with E-state index in [0.717, 1.165) is 128 Å². The Kier molecular flexibility index (Phi) is 51.0. The number of rotatable bonds is 47. The molecule has 0 rings (SSSR count). The first-order chi connectivity index (χ1) is 31.6. The highest BCUT2D eigenvalue weighted by atomic mass is 16.6. The maximum Gasteiger partial charge on any atom is 0.306 e. The van der Waals surface area contributed by atoms with E-state index in [9.17, 15) is 9.59 Å². The van der Waals surface area contributed by atoms with Crippen LogP contribution in [0.1, 0.15) is 226 Å². The van der Waals surface area contributed by atoms with E-state index >= 15 is 0 Å². The molecule has 0 heterocycles. The van der Waals surface area contributed by atoms with E-state index in [1.807, 2.05) is 0 Å². The number of esters is 2. The fourth-order valence-electron chi connectivity index (χ4n) is 6.94. The highest BCUT2D eigenvalue weighted by Crippen LogP contribution is 2.14. The molecule has 1 unspecified atom stereocenters. The fraction of sp³-hybridized carbons (Fsp3) is 0.661. The molecule has 0 saturated heterocycles. The molecule has 5 heteroatoms. The summed E-state index contributed by atoms with van der Waals surface area (Å²) < 4.78 is 17.4. The molecular formula is C59H98O5. The summed E-state index contributed by atoms with van der Waals surface area (Å²) in [6.07, 6.45) is 73.9. The van der Waals surface area contributed by atoms with Gasteiger partial charge in [0.05, 0.1) is 6.61 Å². The van der Waals surface area contributed by atoms with Crippen LogP contribution in [-0.4, -0.2) is 37.9 Å². The Labute approximate surface area is 395 Å². The second kappa shape index (κ2) is 53.9. The van der Waals surface area contributed by atoms with E-state index in [0.29, 0.717) is 19.4 Å². The molecule has 0 spiro atoms. The lowest BCUT2D eigenvalue weighted by atomic mass is 10.0. The molecule has 0 radical (unpaired) electrons. The monoisotopic (exact) mass is 887 g/mol. The van der Waals surface area contributed by atoms with E-state index in [1.54, 1.807) is 0 Å². The van der Waals surface area contributed by atoms with Gasteiger partial charge in [-0.25, -0.2) is 0 Å². The summed E-state index contributed by atoms with van der Waals surface area (Å²) >= 11 is 0. The van der Waals surface area contributed by atoms with E-state index in [-0.39, 0.29) is 25.2 Å². The van der Waals surface area contributed by atoms with Crippen molar-refractivity contribution in [2.45, 2.75) is 232 Å². The number of carbonyl (C=O) groups is 2. The summed E-state index contributed by atoms with van der Waals surface area (Å²) in [6.45, 7) is 7.47. The minimum Gasteiger partial charge on any atom is -0.462 e. The Balaban J connectivity index is 4.40. The Morgan fingerprint density at radius 2 is 0.703 bits per heavy atom. The molecule has 0 aliphatic heterocycles. The van der Waals surface area contributed by atoms with Gasteiger partial charge in [0.25, 0.3) is 0 Å². The van der Waals surface area contributed by atoms with Crippen molar-refractivity contribution >= 4 is 11.9 Å². The predicted octanol–water partition coefficient (Wildman–Crippen LogP) is 18.0. The molecule has 0 fully saturated rings. The first-order valence-corrected chi connectivity index (χ1v) is 26.4. The van der Waals surface area contributed by atoms with Crippen molar-refractivity contribution in [2.75, 3.05) is 19.8 Å². The first kappa shape index (κ1) is 60.6. The Morgan fingerprint density at radius 1 is 0.359 bits per heavy atom. The van der Waals surface area contributed by atoms with Crippen molar-refractivity contribution in [3.05, 3.63) is 109 Å². The summed E-state index contributed by atoms with van der Waals surface area (Å²) in [5, 5.41) is 0. The van der Waals surface area contributed by atoms with Crippen LogP contribution in [0.4, 0.5) is 0 Å². The lowest BCUT2D eigenvalue weighted by Gasteiger charge is -2.18. The topological polar surface area (TPSA) is 61.8 Å². The molecule has 0 amide bonds. The molecule has 64 heavy (non-hydrogen) atoms. The fourth-order valence-corrected chi connectivity index (χ4v) is 6.94. The highest BCUT2D eigenvalue weighted by Gasteiger charge is 2.17. The number of carbonyl (C=O) groups excluding carboxylic acids is 2. The maximum absolute atomic E-state index is 12.8. The van der Waals surface area contributed by atoms with Gasteiger partial charge in [0.1, 0.15) is 6.61 Å². The zero-order valence-electron chi connectivity index (χ0n) is 41.8. The maximum atomic E-state index is 12.8. The zero-order chi connectivity index (χ0) is 46.3. The summed E-state index contributed by atoms with van der Waals surface area (Å²) in [7, 11) is 0. The number of allylic oxidation sites excluding steroid dienone is 18. The minimum absolute atomic E-state index is 0.0506. The van der Waals surface area contributed by atoms with Crippen LogP contribution in [0.2, 0.25) is 0 Å². The molecule has 0 aromatic rings. The molecule has 0 aromatic carbocycles. The van der Waals surface area contributed by atoms with Gasteiger partial charge in [-0.15, -0.1) is 0 Å². The lowest BCUT2D eigenvalue weighted by molar-refractivity contribution is -0.163. The van der Waals surface area contributed by atoms with E-state index in [2.05, 4.69) is 130 Å². The summed E-state index contributed by atoms with van der Waals surface area (Å²) in [4.78, 5) is 25.4. The second-order valence-corrected chi connectivity index (χ2v) is 17.0. The summed E-state index contributed by atoms with van der Waals surface area (Å²) in [5.41, 5.74) is 0. The molecular weight excluding hydrogens is 789 g/mol.